The molecule has 0 fully saturated rings. The van der Waals surface area contributed by atoms with Gasteiger partial charge >= 0.3 is 0 Å². The number of carbonyl (C=O) groups excluding carboxylic acids is 1. The summed E-state index contributed by atoms with van der Waals surface area (Å²) in [5.41, 5.74) is 9.85. The van der Waals surface area contributed by atoms with Crippen molar-refractivity contribution < 1.29 is 4.79 Å². The number of benzene rings is 1. The van der Waals surface area contributed by atoms with Crippen molar-refractivity contribution in [2.45, 2.75) is 40.0 Å². The first-order valence-electron chi connectivity index (χ1n) is 11.1. The number of hydrogen-bond acceptors (Lipinski definition) is 5. The Labute approximate surface area is 195 Å². The first-order valence-corrected chi connectivity index (χ1v) is 11.9. The van der Waals surface area contributed by atoms with E-state index in [1.165, 1.54) is 27.6 Å². The second-order valence-electron chi connectivity index (χ2n) is 9.73. The number of nitrogens with two attached hydrogens (primary N) is 1. The maximum Gasteiger partial charge on any atom is 0.273 e. The number of nitrogens with zero attached hydrogens (tertiary/aromatic N) is 2. The third-order valence-electron chi connectivity index (χ3n) is 6.50. The van der Waals surface area contributed by atoms with Crippen LogP contribution in [0.5, 0.6) is 0 Å². The van der Waals surface area contributed by atoms with Crippen LogP contribution in [0.1, 0.15) is 48.1 Å². The van der Waals surface area contributed by atoms with E-state index in [1.807, 2.05) is 30.3 Å². The first kappa shape index (κ1) is 21.5. The molecule has 0 saturated heterocycles. The fourth-order valence-corrected chi connectivity index (χ4v) is 5.50. The Balaban J connectivity index is 1.43. The second kappa shape index (κ2) is 7.88. The number of anilines is 2. The number of fused-ring (bicyclic) bond motifs is 2. The van der Waals surface area contributed by atoms with Crippen molar-refractivity contribution in [2.75, 3.05) is 11.1 Å². The Morgan fingerprint density at radius 2 is 2.00 bits per heavy atom. The summed E-state index contributed by atoms with van der Waals surface area (Å²) in [6.07, 6.45) is 3.04. The van der Waals surface area contributed by atoms with Crippen LogP contribution in [0.15, 0.2) is 47.3 Å². The highest BCUT2D eigenvalue weighted by Crippen LogP contribution is 2.40. The highest BCUT2D eigenvalue weighted by molar-refractivity contribution is 7.21. The van der Waals surface area contributed by atoms with Crippen molar-refractivity contribution in [2.24, 2.45) is 11.3 Å². The molecule has 1 unspecified atom stereocenters. The summed E-state index contributed by atoms with van der Waals surface area (Å²) in [6.45, 7) is 6.85. The van der Waals surface area contributed by atoms with E-state index in [0.29, 0.717) is 28.0 Å². The molecule has 4 N–H and O–H groups in total. The van der Waals surface area contributed by atoms with Gasteiger partial charge in [0.1, 0.15) is 15.5 Å². The highest BCUT2D eigenvalue weighted by Gasteiger charge is 2.30. The summed E-state index contributed by atoms with van der Waals surface area (Å²) in [4.78, 5) is 31.4. The van der Waals surface area contributed by atoms with Gasteiger partial charge in [-0.2, -0.15) is 0 Å². The molecule has 1 aromatic carbocycles. The number of aromatic amines is 1. The molecule has 0 spiro atoms. The Bertz CT molecular complexity index is 1410. The normalized spacial score (nSPS) is 16.0. The number of aryl methyl sites for hydroxylation is 1. The number of pyridine rings is 1. The van der Waals surface area contributed by atoms with Crippen molar-refractivity contribution >= 4 is 39.0 Å². The predicted octanol–water partition coefficient (Wildman–Crippen LogP) is 4.76. The van der Waals surface area contributed by atoms with Crippen LogP contribution in [-0.4, -0.2) is 20.7 Å². The van der Waals surface area contributed by atoms with E-state index in [-0.39, 0.29) is 16.9 Å². The summed E-state index contributed by atoms with van der Waals surface area (Å²) >= 11 is 1.29. The third kappa shape index (κ3) is 3.95. The largest absolute Gasteiger partial charge is 0.397 e. The second-order valence-corrected chi connectivity index (χ2v) is 10.7. The SMILES string of the molecule is CC(C)(C)C1CCc2nc3sc(C(=O)Nc4cc(=O)n(-c5ccccc5)[nH]4)c(N)c3cc2C1. The fourth-order valence-electron chi connectivity index (χ4n) is 4.51. The molecule has 1 aliphatic rings. The monoisotopic (exact) mass is 461 g/mol. The van der Waals surface area contributed by atoms with Gasteiger partial charge in [0, 0.05) is 17.1 Å². The third-order valence-corrected chi connectivity index (χ3v) is 7.61. The van der Waals surface area contributed by atoms with Crippen LogP contribution < -0.4 is 16.6 Å². The van der Waals surface area contributed by atoms with E-state index >= 15 is 0 Å². The van der Waals surface area contributed by atoms with Crippen LogP contribution in [0, 0.1) is 11.3 Å². The maximum atomic E-state index is 13.0. The van der Waals surface area contributed by atoms with Crippen LogP contribution >= 0.6 is 11.3 Å². The molecule has 7 nitrogen and oxygen atoms in total. The molecule has 0 radical (unpaired) electrons. The fraction of sp³-hybridized carbons (Fsp3) is 0.320. The quantitative estimate of drug-likeness (QED) is 0.409. The molecule has 1 atom stereocenters. The van der Waals surface area contributed by atoms with Crippen molar-refractivity contribution in [3.63, 3.8) is 0 Å². The first-order chi connectivity index (χ1) is 15.7. The standard InChI is InChI=1S/C25H27N5O2S/c1-25(2,3)15-9-10-18-14(11-15)12-17-21(26)22(33-24(17)27-18)23(32)28-19-13-20(31)30(29-19)16-7-5-4-6-8-16/h4-8,12-13,15,29H,9-11,26H2,1-3H3,(H,28,32). The topological polar surface area (TPSA) is 106 Å². The summed E-state index contributed by atoms with van der Waals surface area (Å²) in [6, 6.07) is 12.7. The van der Waals surface area contributed by atoms with Crippen LogP contribution in [0.25, 0.3) is 15.9 Å². The smallest absolute Gasteiger partial charge is 0.273 e. The number of amides is 1. The summed E-state index contributed by atoms with van der Waals surface area (Å²) in [5, 5.41) is 6.54. The molecule has 3 heterocycles. The molecular weight excluding hydrogens is 434 g/mol. The summed E-state index contributed by atoms with van der Waals surface area (Å²) < 4.78 is 1.38. The van der Waals surface area contributed by atoms with Gasteiger partial charge in [0.2, 0.25) is 0 Å². The van der Waals surface area contributed by atoms with Gasteiger partial charge in [-0.1, -0.05) is 39.0 Å². The number of rotatable bonds is 3. The number of thiophene rings is 1. The van der Waals surface area contributed by atoms with E-state index in [0.717, 1.165) is 35.2 Å². The lowest BCUT2D eigenvalue weighted by molar-refractivity contribution is 0.103. The number of nitrogen functional groups attached to an aromatic ring is 1. The minimum absolute atomic E-state index is 0.241. The van der Waals surface area contributed by atoms with E-state index < -0.39 is 0 Å². The lowest BCUT2D eigenvalue weighted by Crippen LogP contribution is -2.27. The van der Waals surface area contributed by atoms with Gasteiger partial charge in [-0.25, -0.2) is 9.67 Å². The molecule has 4 aromatic rings. The average molecular weight is 462 g/mol. The van der Waals surface area contributed by atoms with Crippen molar-refractivity contribution in [1.29, 1.82) is 0 Å². The van der Waals surface area contributed by atoms with Crippen LogP contribution in [-0.2, 0) is 12.8 Å². The Morgan fingerprint density at radius 3 is 2.73 bits per heavy atom. The zero-order valence-corrected chi connectivity index (χ0v) is 19.8. The molecule has 5 rings (SSSR count). The number of carbonyl (C=O) groups is 1. The van der Waals surface area contributed by atoms with Crippen molar-refractivity contribution in [1.82, 2.24) is 14.8 Å². The molecule has 170 valence electrons. The molecule has 8 heteroatoms. The molecule has 0 bridgehead atoms. The van der Waals surface area contributed by atoms with Gasteiger partial charge in [-0.15, -0.1) is 11.3 Å². The summed E-state index contributed by atoms with van der Waals surface area (Å²) in [7, 11) is 0. The molecule has 0 saturated carbocycles. The molecule has 1 amide bonds. The van der Waals surface area contributed by atoms with Gasteiger partial charge in [0.25, 0.3) is 11.5 Å². The zero-order valence-electron chi connectivity index (χ0n) is 18.9. The molecule has 1 aliphatic carbocycles. The van der Waals surface area contributed by atoms with Crippen LogP contribution in [0.4, 0.5) is 11.5 Å². The number of para-hydroxylation sites is 1. The van der Waals surface area contributed by atoms with E-state index in [4.69, 9.17) is 10.7 Å². The minimum Gasteiger partial charge on any atom is -0.397 e. The molecule has 33 heavy (non-hydrogen) atoms. The molecule has 0 aliphatic heterocycles. The molecular formula is C25H27N5O2S. The van der Waals surface area contributed by atoms with Gasteiger partial charge in [-0.05, 0) is 54.4 Å². The highest BCUT2D eigenvalue weighted by atomic mass is 32.1. The zero-order chi connectivity index (χ0) is 23.3. The average Bonchev–Trinajstić information content (AvgIpc) is 3.31. The van der Waals surface area contributed by atoms with Gasteiger partial charge in [-0.3, -0.25) is 14.7 Å². The lowest BCUT2D eigenvalue weighted by Gasteiger charge is -2.34. The minimum atomic E-state index is -0.359. The van der Waals surface area contributed by atoms with Crippen LogP contribution in [0.3, 0.4) is 0 Å². The Kier molecular flexibility index (Phi) is 5.12. The van der Waals surface area contributed by atoms with Gasteiger partial charge in [0.05, 0.1) is 11.4 Å². The van der Waals surface area contributed by atoms with E-state index in [2.05, 4.69) is 37.3 Å². The summed E-state index contributed by atoms with van der Waals surface area (Å²) in [5.74, 6) is 0.547. The number of H-pyrrole nitrogens is 1. The maximum absolute atomic E-state index is 13.0. The van der Waals surface area contributed by atoms with Crippen molar-refractivity contribution in [3.05, 3.63) is 69.0 Å². The Hall–Kier alpha value is -3.39. The molecule has 3 aromatic heterocycles. The van der Waals surface area contributed by atoms with E-state index in [1.54, 1.807) is 0 Å². The van der Waals surface area contributed by atoms with Crippen molar-refractivity contribution in [3.8, 4) is 5.69 Å². The number of hydrogen-bond donors (Lipinski definition) is 3. The lowest BCUT2D eigenvalue weighted by atomic mass is 9.71. The number of nitrogens with one attached hydrogen (secondary N) is 2. The number of aromatic nitrogens is 3. The predicted molar refractivity (Wildman–Crippen MR) is 133 cm³/mol. The Morgan fingerprint density at radius 1 is 1.24 bits per heavy atom. The van der Waals surface area contributed by atoms with Crippen LogP contribution in [0.2, 0.25) is 0 Å². The van der Waals surface area contributed by atoms with E-state index in [9.17, 15) is 9.59 Å². The van der Waals surface area contributed by atoms with Gasteiger partial charge < -0.3 is 11.1 Å². The van der Waals surface area contributed by atoms with Gasteiger partial charge in [0.15, 0.2) is 0 Å².